The van der Waals surface area contributed by atoms with Gasteiger partial charge in [-0.25, -0.2) is 9.97 Å². The third-order valence-electron chi connectivity index (χ3n) is 5.36. The third kappa shape index (κ3) is 3.87. The summed E-state index contributed by atoms with van der Waals surface area (Å²) in [6.07, 6.45) is 3.32. The van der Waals surface area contributed by atoms with E-state index in [9.17, 15) is 9.59 Å². The maximum Gasteiger partial charge on any atom is 0.262 e. The summed E-state index contributed by atoms with van der Waals surface area (Å²) in [5.41, 5.74) is 0.787. The quantitative estimate of drug-likeness (QED) is 0.663. The van der Waals surface area contributed by atoms with Gasteiger partial charge in [0.05, 0.1) is 16.5 Å². The molecule has 158 valence electrons. The van der Waals surface area contributed by atoms with E-state index >= 15 is 0 Å². The number of aromatic nitrogens is 4. The maximum absolute atomic E-state index is 13.2. The minimum absolute atomic E-state index is 0.00340. The predicted molar refractivity (Wildman–Crippen MR) is 116 cm³/mol. The van der Waals surface area contributed by atoms with Crippen molar-refractivity contribution in [1.82, 2.24) is 30.0 Å². The minimum Gasteiger partial charge on any atom is -0.352 e. The van der Waals surface area contributed by atoms with Crippen LogP contribution in [0.5, 0.6) is 0 Å². The van der Waals surface area contributed by atoms with Gasteiger partial charge >= 0.3 is 0 Å². The van der Waals surface area contributed by atoms with Crippen molar-refractivity contribution in [3.63, 3.8) is 0 Å². The number of hydrogen-bond acceptors (Lipinski definition) is 7. The van der Waals surface area contributed by atoms with Gasteiger partial charge in [-0.2, -0.15) is 5.10 Å². The van der Waals surface area contributed by atoms with Crippen molar-refractivity contribution in [2.75, 3.05) is 31.1 Å². The molecule has 9 nitrogen and oxygen atoms in total. The van der Waals surface area contributed by atoms with E-state index in [2.05, 4.69) is 25.3 Å². The Morgan fingerprint density at radius 2 is 1.93 bits per heavy atom. The fraction of sp³-hybridized carbons (Fsp3) is 0.450. The van der Waals surface area contributed by atoms with Gasteiger partial charge in [0.15, 0.2) is 5.65 Å². The highest BCUT2D eigenvalue weighted by molar-refractivity contribution is 7.12. The molecule has 0 aromatic carbocycles. The molecule has 0 saturated carbocycles. The number of anilines is 1. The first-order chi connectivity index (χ1) is 14.5. The summed E-state index contributed by atoms with van der Waals surface area (Å²) in [6.45, 7) is 6.37. The topological polar surface area (TPSA) is 96.2 Å². The van der Waals surface area contributed by atoms with Crippen molar-refractivity contribution in [2.45, 2.75) is 19.9 Å². The Morgan fingerprint density at radius 1 is 1.17 bits per heavy atom. The SMILES string of the molecule is CC(C)[C@H](NC(=O)c1cccs1)C(=O)N1CCN(c2ncnc3c2cnn3C)CC1. The monoisotopic (exact) mass is 427 g/mol. The highest BCUT2D eigenvalue weighted by Crippen LogP contribution is 2.23. The van der Waals surface area contributed by atoms with Crippen molar-refractivity contribution >= 4 is 40.0 Å². The van der Waals surface area contributed by atoms with Gasteiger partial charge in [0.2, 0.25) is 5.91 Å². The van der Waals surface area contributed by atoms with Crippen molar-refractivity contribution in [3.05, 3.63) is 34.9 Å². The molecule has 1 atom stereocenters. The van der Waals surface area contributed by atoms with E-state index in [-0.39, 0.29) is 17.7 Å². The van der Waals surface area contributed by atoms with Crippen LogP contribution < -0.4 is 10.2 Å². The summed E-state index contributed by atoms with van der Waals surface area (Å²) in [6, 6.07) is 3.05. The lowest BCUT2D eigenvalue weighted by atomic mass is 10.0. The van der Waals surface area contributed by atoms with Gasteiger partial charge in [-0.3, -0.25) is 14.3 Å². The van der Waals surface area contributed by atoms with Crippen LogP contribution in [0.1, 0.15) is 23.5 Å². The van der Waals surface area contributed by atoms with Gasteiger partial charge < -0.3 is 15.1 Å². The lowest BCUT2D eigenvalue weighted by Gasteiger charge is -2.37. The number of nitrogens with one attached hydrogen (secondary N) is 1. The second-order valence-electron chi connectivity index (χ2n) is 7.69. The number of carbonyl (C=O) groups excluding carboxylic acids is 2. The van der Waals surface area contributed by atoms with E-state index in [1.165, 1.54) is 11.3 Å². The van der Waals surface area contributed by atoms with Gasteiger partial charge in [-0.15, -0.1) is 11.3 Å². The lowest BCUT2D eigenvalue weighted by molar-refractivity contribution is -0.134. The highest BCUT2D eigenvalue weighted by atomic mass is 32.1. The fourth-order valence-corrected chi connectivity index (χ4v) is 4.30. The summed E-state index contributed by atoms with van der Waals surface area (Å²) in [5, 5.41) is 9.95. The van der Waals surface area contributed by atoms with Crippen LogP contribution in [0.25, 0.3) is 11.0 Å². The molecule has 0 aliphatic carbocycles. The van der Waals surface area contributed by atoms with Gasteiger partial charge in [-0.1, -0.05) is 19.9 Å². The van der Waals surface area contributed by atoms with Gasteiger partial charge in [0.1, 0.15) is 18.2 Å². The summed E-state index contributed by atoms with van der Waals surface area (Å²) in [7, 11) is 1.85. The molecule has 2 amide bonds. The Hall–Kier alpha value is -3.01. The molecular weight excluding hydrogens is 402 g/mol. The third-order valence-corrected chi connectivity index (χ3v) is 6.23. The normalized spacial score (nSPS) is 15.6. The van der Waals surface area contributed by atoms with E-state index in [0.717, 1.165) is 16.9 Å². The van der Waals surface area contributed by atoms with Crippen LogP contribution in [-0.2, 0) is 11.8 Å². The number of fused-ring (bicyclic) bond motifs is 1. The van der Waals surface area contributed by atoms with E-state index in [0.29, 0.717) is 31.1 Å². The van der Waals surface area contributed by atoms with Crippen molar-refractivity contribution in [1.29, 1.82) is 0 Å². The lowest BCUT2D eigenvalue weighted by Crippen LogP contribution is -2.56. The number of carbonyl (C=O) groups is 2. The molecule has 0 bridgehead atoms. The molecule has 30 heavy (non-hydrogen) atoms. The second kappa shape index (κ2) is 8.39. The molecule has 1 saturated heterocycles. The van der Waals surface area contributed by atoms with E-state index < -0.39 is 6.04 Å². The number of piperazine rings is 1. The standard InChI is InChI=1S/C20H25N7O2S/c1-13(2)16(24-19(28)15-5-4-10-30-15)20(29)27-8-6-26(7-9-27)18-14-11-23-25(3)17(14)21-12-22-18/h4-5,10-13,16H,6-9H2,1-3H3,(H,24,28)/t16-/m0/s1. The van der Waals surface area contributed by atoms with Crippen LogP contribution in [0.2, 0.25) is 0 Å². The second-order valence-corrected chi connectivity index (χ2v) is 8.64. The number of nitrogens with zero attached hydrogens (tertiary/aromatic N) is 6. The van der Waals surface area contributed by atoms with E-state index in [4.69, 9.17) is 0 Å². The molecule has 4 heterocycles. The fourth-order valence-electron chi connectivity index (χ4n) is 3.67. The Morgan fingerprint density at radius 3 is 2.60 bits per heavy atom. The van der Waals surface area contributed by atoms with Crippen molar-refractivity contribution in [3.8, 4) is 0 Å². The molecule has 1 aliphatic heterocycles. The molecule has 10 heteroatoms. The average Bonchev–Trinajstić information content (AvgIpc) is 3.42. The number of hydrogen-bond donors (Lipinski definition) is 1. The summed E-state index contributed by atoms with van der Waals surface area (Å²) in [4.78, 5) is 39.0. The van der Waals surface area contributed by atoms with Crippen LogP contribution >= 0.6 is 11.3 Å². The van der Waals surface area contributed by atoms with Crippen LogP contribution in [0.15, 0.2) is 30.0 Å². The average molecular weight is 428 g/mol. The van der Waals surface area contributed by atoms with E-state index in [1.54, 1.807) is 23.3 Å². The van der Waals surface area contributed by atoms with Crippen LogP contribution in [-0.4, -0.2) is 68.7 Å². The molecule has 0 radical (unpaired) electrons. The number of thiophene rings is 1. The zero-order chi connectivity index (χ0) is 21.3. The first-order valence-electron chi connectivity index (χ1n) is 9.96. The van der Waals surface area contributed by atoms with Gasteiger partial charge in [0, 0.05) is 33.2 Å². The Kier molecular flexibility index (Phi) is 5.67. The first-order valence-corrected chi connectivity index (χ1v) is 10.8. The molecule has 4 rings (SSSR count). The molecule has 0 unspecified atom stereocenters. The zero-order valence-electron chi connectivity index (χ0n) is 17.3. The number of aryl methyl sites for hydroxylation is 1. The Balaban J connectivity index is 1.43. The molecule has 3 aromatic heterocycles. The molecular formula is C20H25N7O2S. The largest absolute Gasteiger partial charge is 0.352 e. The molecule has 1 aliphatic rings. The van der Waals surface area contributed by atoms with E-state index in [1.807, 2.05) is 37.2 Å². The van der Waals surface area contributed by atoms with Crippen molar-refractivity contribution < 1.29 is 9.59 Å². The maximum atomic E-state index is 13.2. The molecule has 0 spiro atoms. The highest BCUT2D eigenvalue weighted by Gasteiger charge is 2.31. The number of amides is 2. The van der Waals surface area contributed by atoms with Crippen LogP contribution in [0.4, 0.5) is 5.82 Å². The van der Waals surface area contributed by atoms with Gasteiger partial charge in [0.25, 0.3) is 5.91 Å². The zero-order valence-corrected chi connectivity index (χ0v) is 18.1. The molecule has 1 fully saturated rings. The number of rotatable bonds is 5. The van der Waals surface area contributed by atoms with Crippen LogP contribution in [0, 0.1) is 5.92 Å². The molecule has 3 aromatic rings. The first kappa shape index (κ1) is 20.3. The molecule has 1 N–H and O–H groups in total. The Labute approximate surface area is 178 Å². The van der Waals surface area contributed by atoms with Crippen molar-refractivity contribution in [2.24, 2.45) is 13.0 Å². The Bertz CT molecular complexity index is 1040. The predicted octanol–water partition coefficient (Wildman–Crippen LogP) is 1.53. The van der Waals surface area contributed by atoms with Crippen LogP contribution in [0.3, 0.4) is 0 Å². The summed E-state index contributed by atoms with van der Waals surface area (Å²) < 4.78 is 1.73. The minimum atomic E-state index is -0.546. The van der Waals surface area contributed by atoms with Gasteiger partial charge in [-0.05, 0) is 17.4 Å². The summed E-state index contributed by atoms with van der Waals surface area (Å²) in [5.74, 6) is 0.599. The smallest absolute Gasteiger partial charge is 0.262 e. The summed E-state index contributed by atoms with van der Waals surface area (Å²) >= 11 is 1.37.